The van der Waals surface area contributed by atoms with Gasteiger partial charge in [-0.1, -0.05) is 11.8 Å². The summed E-state index contributed by atoms with van der Waals surface area (Å²) in [5.74, 6) is -1.71. The minimum atomic E-state index is -0.665. The van der Waals surface area contributed by atoms with E-state index in [2.05, 4.69) is 0 Å². The first-order valence-electron chi connectivity index (χ1n) is 5.16. The molecular weight excluding hydrogens is 259 g/mol. The van der Waals surface area contributed by atoms with Gasteiger partial charge < -0.3 is 5.73 Å². The van der Waals surface area contributed by atoms with E-state index in [4.69, 9.17) is 5.73 Å². The molecule has 2 rings (SSSR count). The van der Waals surface area contributed by atoms with Crippen molar-refractivity contribution in [2.75, 3.05) is 5.73 Å². The number of halogens is 3. The van der Waals surface area contributed by atoms with Crippen molar-refractivity contribution in [2.45, 2.75) is 16.7 Å². The molecule has 2 N–H and O–H groups in total. The predicted molar refractivity (Wildman–Crippen MR) is 66.0 cm³/mol. The first-order chi connectivity index (χ1) is 8.47. The second kappa shape index (κ2) is 4.94. The molecule has 0 aliphatic carbocycles. The zero-order chi connectivity index (χ0) is 13.3. The standard InChI is InChI=1S/C13H10F3NS/c1-7-4-13(11(17)6-9(7)15)18-12-3-2-8(14)5-10(12)16/h2-6H,17H2,1H3. The van der Waals surface area contributed by atoms with Crippen LogP contribution >= 0.6 is 11.8 Å². The lowest BCUT2D eigenvalue weighted by Gasteiger charge is -2.08. The third-order valence-electron chi connectivity index (χ3n) is 2.40. The number of rotatable bonds is 2. The van der Waals surface area contributed by atoms with Gasteiger partial charge in [0.05, 0.1) is 0 Å². The summed E-state index contributed by atoms with van der Waals surface area (Å²) in [5.41, 5.74) is 6.31. The summed E-state index contributed by atoms with van der Waals surface area (Å²) in [6, 6.07) is 6.03. The first kappa shape index (κ1) is 12.8. The molecule has 0 unspecified atom stereocenters. The average molecular weight is 269 g/mol. The normalized spacial score (nSPS) is 10.7. The van der Waals surface area contributed by atoms with Crippen LogP contribution in [0, 0.1) is 24.4 Å². The number of hydrogen-bond donors (Lipinski definition) is 1. The molecular formula is C13H10F3NS. The maximum absolute atomic E-state index is 13.5. The Morgan fingerprint density at radius 1 is 0.944 bits per heavy atom. The molecule has 0 aliphatic rings. The Hall–Kier alpha value is -1.62. The Labute approximate surface area is 107 Å². The summed E-state index contributed by atoms with van der Waals surface area (Å²) in [5, 5.41) is 0. The van der Waals surface area contributed by atoms with E-state index in [0.29, 0.717) is 10.5 Å². The van der Waals surface area contributed by atoms with Crippen LogP contribution < -0.4 is 5.73 Å². The highest BCUT2D eigenvalue weighted by Gasteiger charge is 2.10. The minimum Gasteiger partial charge on any atom is -0.398 e. The largest absolute Gasteiger partial charge is 0.398 e. The Balaban J connectivity index is 2.37. The van der Waals surface area contributed by atoms with Crippen LogP contribution in [0.1, 0.15) is 5.56 Å². The Bertz CT molecular complexity index is 599. The van der Waals surface area contributed by atoms with Crippen molar-refractivity contribution < 1.29 is 13.2 Å². The maximum Gasteiger partial charge on any atom is 0.140 e. The van der Waals surface area contributed by atoms with Gasteiger partial charge in [-0.05, 0) is 36.8 Å². The molecule has 0 spiro atoms. The van der Waals surface area contributed by atoms with Crippen molar-refractivity contribution in [1.82, 2.24) is 0 Å². The summed E-state index contributed by atoms with van der Waals surface area (Å²) in [4.78, 5) is 0.786. The zero-order valence-corrected chi connectivity index (χ0v) is 10.3. The fourth-order valence-electron chi connectivity index (χ4n) is 1.44. The molecule has 5 heteroatoms. The van der Waals surface area contributed by atoms with Crippen LogP contribution in [-0.4, -0.2) is 0 Å². The summed E-state index contributed by atoms with van der Waals surface area (Å²) in [7, 11) is 0. The van der Waals surface area contributed by atoms with Crippen LogP contribution in [0.2, 0.25) is 0 Å². The van der Waals surface area contributed by atoms with Crippen LogP contribution in [0.5, 0.6) is 0 Å². The van der Waals surface area contributed by atoms with Crippen molar-refractivity contribution in [3.8, 4) is 0 Å². The van der Waals surface area contributed by atoms with Gasteiger partial charge in [-0.25, -0.2) is 13.2 Å². The van der Waals surface area contributed by atoms with Crippen LogP contribution in [0.25, 0.3) is 0 Å². The average Bonchev–Trinajstić information content (AvgIpc) is 2.29. The summed E-state index contributed by atoms with van der Waals surface area (Å²) in [6.07, 6.45) is 0. The Morgan fingerprint density at radius 2 is 1.67 bits per heavy atom. The van der Waals surface area contributed by atoms with Crippen molar-refractivity contribution in [3.05, 3.63) is 53.3 Å². The number of benzene rings is 2. The molecule has 0 atom stereocenters. The van der Waals surface area contributed by atoms with Crippen molar-refractivity contribution in [2.24, 2.45) is 0 Å². The molecule has 0 aromatic heterocycles. The number of hydrogen-bond acceptors (Lipinski definition) is 2. The van der Waals surface area contributed by atoms with Gasteiger partial charge >= 0.3 is 0 Å². The molecule has 18 heavy (non-hydrogen) atoms. The molecule has 94 valence electrons. The van der Waals surface area contributed by atoms with Gasteiger partial charge in [0.25, 0.3) is 0 Å². The molecule has 0 heterocycles. The highest BCUT2D eigenvalue weighted by atomic mass is 32.2. The molecule has 0 radical (unpaired) electrons. The Morgan fingerprint density at radius 3 is 2.33 bits per heavy atom. The van der Waals surface area contributed by atoms with Crippen molar-refractivity contribution >= 4 is 17.4 Å². The Kier molecular flexibility index (Phi) is 3.52. The monoisotopic (exact) mass is 269 g/mol. The van der Waals surface area contributed by atoms with E-state index in [1.165, 1.54) is 18.2 Å². The molecule has 0 fully saturated rings. The maximum atomic E-state index is 13.5. The lowest BCUT2D eigenvalue weighted by atomic mass is 10.2. The van der Waals surface area contributed by atoms with Crippen LogP contribution in [0.3, 0.4) is 0 Å². The number of nitrogens with two attached hydrogens (primary N) is 1. The molecule has 1 nitrogen and oxygen atoms in total. The lowest BCUT2D eigenvalue weighted by molar-refractivity contribution is 0.565. The molecule has 0 amide bonds. The SMILES string of the molecule is Cc1cc(Sc2ccc(F)cc2F)c(N)cc1F. The van der Waals surface area contributed by atoms with Gasteiger partial charge in [-0.2, -0.15) is 0 Å². The summed E-state index contributed by atoms with van der Waals surface area (Å²) >= 11 is 1.04. The van der Waals surface area contributed by atoms with E-state index in [9.17, 15) is 13.2 Å². The van der Waals surface area contributed by atoms with Crippen molar-refractivity contribution in [3.63, 3.8) is 0 Å². The fourth-order valence-corrected chi connectivity index (χ4v) is 2.38. The highest BCUT2D eigenvalue weighted by molar-refractivity contribution is 7.99. The van der Waals surface area contributed by atoms with Gasteiger partial charge in [0, 0.05) is 21.5 Å². The van der Waals surface area contributed by atoms with Gasteiger partial charge in [0.15, 0.2) is 0 Å². The second-order valence-electron chi connectivity index (χ2n) is 3.82. The predicted octanol–water partition coefficient (Wildman–Crippen LogP) is 4.15. The third-order valence-corrected chi connectivity index (χ3v) is 3.53. The van der Waals surface area contributed by atoms with Gasteiger partial charge in [0.2, 0.25) is 0 Å². The van der Waals surface area contributed by atoms with E-state index >= 15 is 0 Å². The van der Waals surface area contributed by atoms with E-state index in [0.717, 1.165) is 23.9 Å². The van der Waals surface area contributed by atoms with Gasteiger partial charge in [-0.3, -0.25) is 0 Å². The summed E-state index contributed by atoms with van der Waals surface area (Å²) < 4.78 is 39.4. The first-order valence-corrected chi connectivity index (χ1v) is 5.97. The molecule has 0 aliphatic heterocycles. The third kappa shape index (κ3) is 2.61. The molecule has 0 bridgehead atoms. The van der Waals surface area contributed by atoms with Crippen LogP contribution in [-0.2, 0) is 0 Å². The van der Waals surface area contributed by atoms with E-state index in [1.54, 1.807) is 6.92 Å². The van der Waals surface area contributed by atoms with Crippen molar-refractivity contribution in [1.29, 1.82) is 0 Å². The number of anilines is 1. The van der Waals surface area contributed by atoms with Crippen LogP contribution in [0.4, 0.5) is 18.9 Å². The molecule has 0 saturated heterocycles. The smallest absolute Gasteiger partial charge is 0.140 e. The van der Waals surface area contributed by atoms with Gasteiger partial charge in [0.1, 0.15) is 17.5 Å². The zero-order valence-electron chi connectivity index (χ0n) is 9.51. The number of nitrogen functional groups attached to an aromatic ring is 1. The molecule has 0 saturated carbocycles. The quantitative estimate of drug-likeness (QED) is 0.829. The van der Waals surface area contributed by atoms with E-state index < -0.39 is 17.5 Å². The van der Waals surface area contributed by atoms with Gasteiger partial charge in [-0.15, -0.1) is 0 Å². The highest BCUT2D eigenvalue weighted by Crippen LogP contribution is 2.35. The summed E-state index contributed by atoms with van der Waals surface area (Å²) in [6.45, 7) is 1.60. The lowest BCUT2D eigenvalue weighted by Crippen LogP contribution is -1.93. The molecule has 2 aromatic rings. The molecule has 2 aromatic carbocycles. The fraction of sp³-hybridized carbons (Fsp3) is 0.0769. The van der Waals surface area contributed by atoms with Crippen LogP contribution in [0.15, 0.2) is 40.1 Å². The van der Waals surface area contributed by atoms with E-state index in [-0.39, 0.29) is 10.6 Å². The minimum absolute atomic E-state index is 0.229. The topological polar surface area (TPSA) is 26.0 Å². The second-order valence-corrected chi connectivity index (χ2v) is 4.90. The van der Waals surface area contributed by atoms with E-state index in [1.807, 2.05) is 0 Å². The number of aryl methyl sites for hydroxylation is 1.